The van der Waals surface area contributed by atoms with Crippen LogP contribution in [-0.2, 0) is 9.59 Å². The minimum absolute atomic E-state index is 0.0676. The first kappa shape index (κ1) is 14.7. The number of urea groups is 1. The Morgan fingerprint density at radius 2 is 1.95 bits per heavy atom. The lowest BCUT2D eigenvalue weighted by atomic mass is 10.1. The summed E-state index contributed by atoms with van der Waals surface area (Å²) in [6.45, 7) is 0. The van der Waals surface area contributed by atoms with Crippen LogP contribution in [0.2, 0.25) is 0 Å². The maximum Gasteiger partial charge on any atom is 0.335 e. The molecule has 110 valence electrons. The SMILES string of the molecule is O=C1NC(=O)N(c2cccc(Br)c2)C(=O)C1=Cc1cccs1. The largest absolute Gasteiger partial charge is 0.335 e. The van der Waals surface area contributed by atoms with Crippen LogP contribution in [0.3, 0.4) is 0 Å². The summed E-state index contributed by atoms with van der Waals surface area (Å²) in [5.74, 6) is -1.32. The second-order valence-electron chi connectivity index (χ2n) is 4.45. The van der Waals surface area contributed by atoms with Gasteiger partial charge in [-0.15, -0.1) is 11.3 Å². The number of benzene rings is 1. The summed E-state index contributed by atoms with van der Waals surface area (Å²) in [4.78, 5) is 38.2. The van der Waals surface area contributed by atoms with E-state index in [-0.39, 0.29) is 5.57 Å². The molecule has 0 radical (unpaired) electrons. The highest BCUT2D eigenvalue weighted by Crippen LogP contribution is 2.25. The lowest BCUT2D eigenvalue weighted by molar-refractivity contribution is -0.122. The van der Waals surface area contributed by atoms with Gasteiger partial charge in [-0.1, -0.05) is 28.1 Å². The number of hydrogen-bond acceptors (Lipinski definition) is 4. The smallest absolute Gasteiger partial charge is 0.273 e. The number of amides is 4. The molecule has 1 aliphatic rings. The van der Waals surface area contributed by atoms with E-state index in [1.54, 1.807) is 30.3 Å². The molecule has 2 heterocycles. The second-order valence-corrected chi connectivity index (χ2v) is 6.35. The van der Waals surface area contributed by atoms with Gasteiger partial charge in [0, 0.05) is 9.35 Å². The Bertz CT molecular complexity index is 799. The molecule has 0 spiro atoms. The van der Waals surface area contributed by atoms with Crippen LogP contribution in [-0.4, -0.2) is 17.8 Å². The van der Waals surface area contributed by atoms with E-state index in [1.165, 1.54) is 17.4 Å². The average Bonchev–Trinajstić information content (AvgIpc) is 2.96. The Labute approximate surface area is 138 Å². The molecule has 7 heteroatoms. The summed E-state index contributed by atoms with van der Waals surface area (Å²) in [6.07, 6.45) is 1.49. The van der Waals surface area contributed by atoms with Gasteiger partial charge in [-0.3, -0.25) is 14.9 Å². The van der Waals surface area contributed by atoms with Crippen molar-refractivity contribution in [1.82, 2.24) is 5.32 Å². The monoisotopic (exact) mass is 376 g/mol. The van der Waals surface area contributed by atoms with Crippen molar-refractivity contribution in [2.24, 2.45) is 0 Å². The van der Waals surface area contributed by atoms with E-state index < -0.39 is 17.8 Å². The van der Waals surface area contributed by atoms with Crippen molar-refractivity contribution in [3.8, 4) is 0 Å². The maximum absolute atomic E-state index is 12.5. The third kappa shape index (κ3) is 2.72. The number of imide groups is 2. The van der Waals surface area contributed by atoms with Gasteiger partial charge in [-0.05, 0) is 35.7 Å². The number of halogens is 1. The first-order chi connectivity index (χ1) is 10.6. The van der Waals surface area contributed by atoms with Crippen molar-refractivity contribution >= 4 is 56.9 Å². The lowest BCUT2D eigenvalue weighted by Crippen LogP contribution is -2.54. The number of carbonyl (C=O) groups is 3. The standard InChI is InChI=1S/C15H9BrN2O3S/c16-9-3-1-4-10(7-9)18-14(20)12(13(19)17-15(18)21)8-11-5-2-6-22-11/h1-8H,(H,17,19,21). The fraction of sp³-hybridized carbons (Fsp3) is 0. The van der Waals surface area contributed by atoms with Crippen LogP contribution < -0.4 is 10.2 Å². The topological polar surface area (TPSA) is 66.5 Å². The van der Waals surface area contributed by atoms with Crippen LogP contribution in [0.15, 0.2) is 51.8 Å². The number of thiophene rings is 1. The molecule has 1 aliphatic heterocycles. The predicted molar refractivity (Wildman–Crippen MR) is 87.5 cm³/mol. The third-order valence-electron chi connectivity index (χ3n) is 3.00. The predicted octanol–water partition coefficient (Wildman–Crippen LogP) is 3.18. The molecule has 1 N–H and O–H groups in total. The molecule has 3 rings (SSSR count). The molecule has 0 atom stereocenters. The molecular weight excluding hydrogens is 368 g/mol. The number of carbonyl (C=O) groups excluding carboxylic acids is 3. The van der Waals surface area contributed by atoms with Crippen LogP contribution in [0.25, 0.3) is 6.08 Å². The Balaban J connectivity index is 2.03. The van der Waals surface area contributed by atoms with Gasteiger partial charge in [-0.2, -0.15) is 0 Å². The molecule has 4 amide bonds. The highest BCUT2D eigenvalue weighted by Gasteiger charge is 2.36. The average molecular weight is 377 g/mol. The Morgan fingerprint density at radius 1 is 1.14 bits per heavy atom. The zero-order valence-corrected chi connectivity index (χ0v) is 13.5. The first-order valence-corrected chi connectivity index (χ1v) is 7.94. The van der Waals surface area contributed by atoms with Crippen LogP contribution >= 0.6 is 27.3 Å². The number of nitrogens with one attached hydrogen (secondary N) is 1. The summed E-state index contributed by atoms with van der Waals surface area (Å²) in [6, 6.07) is 9.60. The van der Waals surface area contributed by atoms with Crippen LogP contribution in [0.4, 0.5) is 10.5 Å². The Morgan fingerprint density at radius 3 is 2.64 bits per heavy atom. The zero-order chi connectivity index (χ0) is 15.7. The number of barbiturate groups is 1. The normalized spacial score (nSPS) is 17.0. The molecule has 0 bridgehead atoms. The van der Waals surface area contributed by atoms with Crippen LogP contribution in [0, 0.1) is 0 Å². The van der Waals surface area contributed by atoms with Crippen molar-refractivity contribution in [2.45, 2.75) is 0 Å². The van der Waals surface area contributed by atoms with E-state index in [1.807, 2.05) is 11.4 Å². The molecule has 1 saturated heterocycles. The quantitative estimate of drug-likeness (QED) is 0.646. The minimum Gasteiger partial charge on any atom is -0.273 e. The highest BCUT2D eigenvalue weighted by atomic mass is 79.9. The van der Waals surface area contributed by atoms with Gasteiger partial charge in [0.25, 0.3) is 11.8 Å². The van der Waals surface area contributed by atoms with E-state index >= 15 is 0 Å². The number of rotatable bonds is 2. The van der Waals surface area contributed by atoms with Gasteiger partial charge in [0.05, 0.1) is 5.69 Å². The highest BCUT2D eigenvalue weighted by molar-refractivity contribution is 9.10. The molecule has 2 aromatic rings. The molecule has 22 heavy (non-hydrogen) atoms. The number of hydrogen-bond donors (Lipinski definition) is 1. The van der Waals surface area contributed by atoms with Gasteiger partial charge in [0.15, 0.2) is 0 Å². The maximum atomic E-state index is 12.5. The summed E-state index contributed by atoms with van der Waals surface area (Å²) in [5.41, 5.74) is 0.323. The van der Waals surface area contributed by atoms with Crippen LogP contribution in [0.5, 0.6) is 0 Å². The first-order valence-electron chi connectivity index (χ1n) is 6.27. The molecule has 1 aromatic heterocycles. The molecule has 5 nitrogen and oxygen atoms in total. The summed E-state index contributed by atoms with van der Waals surface area (Å²) < 4.78 is 0.728. The van der Waals surface area contributed by atoms with Gasteiger partial charge >= 0.3 is 6.03 Å². The van der Waals surface area contributed by atoms with Crippen molar-refractivity contribution in [3.05, 3.63) is 56.7 Å². The van der Waals surface area contributed by atoms with Gasteiger partial charge in [0.2, 0.25) is 0 Å². The number of anilines is 1. The summed E-state index contributed by atoms with van der Waals surface area (Å²) in [7, 11) is 0. The van der Waals surface area contributed by atoms with E-state index in [0.29, 0.717) is 5.69 Å². The van der Waals surface area contributed by atoms with E-state index in [4.69, 9.17) is 0 Å². The van der Waals surface area contributed by atoms with Crippen molar-refractivity contribution in [3.63, 3.8) is 0 Å². The fourth-order valence-electron chi connectivity index (χ4n) is 2.02. The molecule has 0 aliphatic carbocycles. The van der Waals surface area contributed by atoms with Crippen molar-refractivity contribution < 1.29 is 14.4 Å². The van der Waals surface area contributed by atoms with E-state index in [0.717, 1.165) is 14.2 Å². The van der Waals surface area contributed by atoms with E-state index in [9.17, 15) is 14.4 Å². The zero-order valence-electron chi connectivity index (χ0n) is 11.1. The lowest BCUT2D eigenvalue weighted by Gasteiger charge is -2.26. The summed E-state index contributed by atoms with van der Waals surface area (Å²) in [5, 5.41) is 4.03. The van der Waals surface area contributed by atoms with Crippen molar-refractivity contribution in [1.29, 1.82) is 0 Å². The molecule has 0 unspecified atom stereocenters. The third-order valence-corrected chi connectivity index (χ3v) is 4.31. The van der Waals surface area contributed by atoms with E-state index in [2.05, 4.69) is 21.2 Å². The molecular formula is C15H9BrN2O3S. The molecule has 0 saturated carbocycles. The fourth-order valence-corrected chi connectivity index (χ4v) is 3.07. The van der Waals surface area contributed by atoms with Gasteiger partial charge < -0.3 is 0 Å². The molecule has 1 aromatic carbocycles. The Hall–Kier alpha value is -2.25. The summed E-state index contributed by atoms with van der Waals surface area (Å²) >= 11 is 4.70. The number of nitrogens with zero attached hydrogens (tertiary/aromatic N) is 1. The molecule has 1 fully saturated rings. The van der Waals surface area contributed by atoms with Gasteiger partial charge in [0.1, 0.15) is 5.57 Å². The van der Waals surface area contributed by atoms with Crippen molar-refractivity contribution in [2.75, 3.05) is 4.90 Å². The Kier molecular flexibility index (Phi) is 3.91. The van der Waals surface area contributed by atoms with Gasteiger partial charge in [-0.25, -0.2) is 9.69 Å². The second kappa shape index (κ2) is 5.86. The van der Waals surface area contributed by atoms with Crippen LogP contribution in [0.1, 0.15) is 4.88 Å². The minimum atomic E-state index is -0.753.